The summed E-state index contributed by atoms with van der Waals surface area (Å²) in [5.74, 6) is 2.95. The molecular weight excluding hydrogens is 315 g/mol. The molecule has 1 aromatic rings. The van der Waals surface area contributed by atoms with E-state index in [1.807, 2.05) is 0 Å². The first-order chi connectivity index (χ1) is 10.5. The van der Waals surface area contributed by atoms with Crippen LogP contribution in [0.4, 0.5) is 10.6 Å². The number of rotatable bonds is 4. The molecule has 1 heterocycles. The molecule has 0 N–H and O–H groups in total. The number of terminal acetylenes is 1. The van der Waals surface area contributed by atoms with E-state index in [1.54, 1.807) is 40.2 Å². The Balaban J connectivity index is 3.30. The van der Waals surface area contributed by atoms with Crippen molar-refractivity contribution in [3.63, 3.8) is 0 Å². The topological polar surface area (TPSA) is 68.7 Å². The maximum Gasteiger partial charge on any atom is 0.416 e. The number of hydrogen-bond donors (Lipinski definition) is 0. The van der Waals surface area contributed by atoms with E-state index >= 15 is 0 Å². The molecule has 0 aromatic carbocycles. The molecule has 0 aliphatic carbocycles. The standard InChI is InChI=1S/C16H23N2O4P/c1-8-9-18(15(19)22-16(2,3)4)14-13(21-5)10-12(11-17-14)23(6,7)20/h1,10-11H,9H2,2-7H3. The summed E-state index contributed by atoms with van der Waals surface area (Å²) in [4.78, 5) is 17.8. The maximum atomic E-state index is 12.4. The number of carbonyl (C=O) groups is 1. The van der Waals surface area contributed by atoms with Crippen LogP contribution >= 0.6 is 7.14 Å². The fourth-order valence-electron chi connectivity index (χ4n) is 1.71. The first-order valence-electron chi connectivity index (χ1n) is 7.03. The molecule has 0 bridgehead atoms. The number of anilines is 1. The molecule has 23 heavy (non-hydrogen) atoms. The van der Waals surface area contributed by atoms with Crippen molar-refractivity contribution < 1.29 is 18.8 Å². The van der Waals surface area contributed by atoms with E-state index < -0.39 is 18.8 Å². The van der Waals surface area contributed by atoms with Crippen LogP contribution in [0.1, 0.15) is 20.8 Å². The second-order valence-corrected chi connectivity index (χ2v) is 9.56. The van der Waals surface area contributed by atoms with E-state index in [9.17, 15) is 9.36 Å². The summed E-state index contributed by atoms with van der Waals surface area (Å²) in [6.07, 6.45) is 6.19. The second kappa shape index (κ2) is 7.06. The Morgan fingerprint density at radius 1 is 1.43 bits per heavy atom. The third-order valence-corrected chi connectivity index (χ3v) is 4.27. The number of aromatic nitrogens is 1. The maximum absolute atomic E-state index is 12.4. The van der Waals surface area contributed by atoms with E-state index in [4.69, 9.17) is 15.9 Å². The minimum Gasteiger partial charge on any atom is -0.493 e. The number of amides is 1. The quantitative estimate of drug-likeness (QED) is 0.624. The van der Waals surface area contributed by atoms with Crippen molar-refractivity contribution in [3.8, 4) is 18.1 Å². The Morgan fingerprint density at radius 3 is 2.48 bits per heavy atom. The van der Waals surface area contributed by atoms with Crippen molar-refractivity contribution in [1.82, 2.24) is 4.98 Å². The second-order valence-electron chi connectivity index (χ2n) is 6.34. The molecule has 0 saturated carbocycles. The smallest absolute Gasteiger partial charge is 0.416 e. The fraction of sp³-hybridized carbons (Fsp3) is 0.500. The molecule has 0 saturated heterocycles. The molecular formula is C16H23N2O4P. The molecule has 7 heteroatoms. The zero-order valence-corrected chi connectivity index (χ0v) is 15.3. The van der Waals surface area contributed by atoms with Crippen LogP contribution in [0.5, 0.6) is 5.75 Å². The normalized spacial score (nSPS) is 11.5. The van der Waals surface area contributed by atoms with Crippen LogP contribution in [0.3, 0.4) is 0 Å². The summed E-state index contributed by atoms with van der Waals surface area (Å²) in [5.41, 5.74) is -0.667. The average Bonchev–Trinajstić information content (AvgIpc) is 2.41. The Kier molecular flexibility index (Phi) is 5.85. The van der Waals surface area contributed by atoms with Crippen molar-refractivity contribution in [2.24, 2.45) is 0 Å². The van der Waals surface area contributed by atoms with Crippen LogP contribution in [0.2, 0.25) is 0 Å². The Bertz CT molecular complexity index is 668. The van der Waals surface area contributed by atoms with Gasteiger partial charge in [-0.05, 0) is 40.2 Å². The molecule has 6 nitrogen and oxygen atoms in total. The van der Waals surface area contributed by atoms with Gasteiger partial charge < -0.3 is 14.0 Å². The van der Waals surface area contributed by atoms with E-state index in [-0.39, 0.29) is 12.4 Å². The molecule has 0 unspecified atom stereocenters. The first-order valence-corrected chi connectivity index (χ1v) is 9.63. The lowest BCUT2D eigenvalue weighted by Gasteiger charge is -2.26. The number of carbonyl (C=O) groups excluding carboxylic acids is 1. The van der Waals surface area contributed by atoms with Gasteiger partial charge in [-0.15, -0.1) is 6.42 Å². The van der Waals surface area contributed by atoms with Gasteiger partial charge >= 0.3 is 6.09 Å². The number of ether oxygens (including phenoxy) is 2. The van der Waals surface area contributed by atoms with E-state index in [1.165, 1.54) is 18.2 Å². The van der Waals surface area contributed by atoms with Crippen molar-refractivity contribution in [2.45, 2.75) is 26.4 Å². The molecule has 0 radical (unpaired) electrons. The van der Waals surface area contributed by atoms with Gasteiger partial charge in [-0.1, -0.05) is 5.92 Å². The van der Waals surface area contributed by atoms with Crippen LogP contribution in [0.15, 0.2) is 12.3 Å². The predicted octanol–water partition coefficient (Wildman–Crippen LogP) is 2.71. The van der Waals surface area contributed by atoms with Crippen LogP contribution in [-0.2, 0) is 9.30 Å². The molecule has 1 amide bonds. The van der Waals surface area contributed by atoms with Gasteiger partial charge in [-0.25, -0.2) is 14.7 Å². The van der Waals surface area contributed by atoms with E-state index in [0.717, 1.165) is 0 Å². The average molecular weight is 338 g/mol. The molecule has 1 rings (SSSR count). The van der Waals surface area contributed by atoms with Crippen LogP contribution in [0, 0.1) is 12.3 Å². The summed E-state index contributed by atoms with van der Waals surface area (Å²) >= 11 is 0. The largest absolute Gasteiger partial charge is 0.493 e. The number of methoxy groups -OCH3 is 1. The predicted molar refractivity (Wildman–Crippen MR) is 92.3 cm³/mol. The number of hydrogen-bond acceptors (Lipinski definition) is 5. The highest BCUT2D eigenvalue weighted by atomic mass is 31.2. The zero-order chi connectivity index (χ0) is 17.8. The van der Waals surface area contributed by atoms with Gasteiger partial charge in [0, 0.05) is 11.5 Å². The van der Waals surface area contributed by atoms with Gasteiger partial charge in [0.15, 0.2) is 11.6 Å². The Hall–Kier alpha value is -1.99. The molecule has 0 atom stereocenters. The highest BCUT2D eigenvalue weighted by molar-refractivity contribution is 7.70. The third-order valence-electron chi connectivity index (χ3n) is 2.78. The van der Waals surface area contributed by atoms with E-state index in [0.29, 0.717) is 11.1 Å². The van der Waals surface area contributed by atoms with Crippen LogP contribution < -0.4 is 14.9 Å². The van der Waals surface area contributed by atoms with Crippen LogP contribution in [0.25, 0.3) is 0 Å². The summed E-state index contributed by atoms with van der Waals surface area (Å²) in [6, 6.07) is 1.61. The summed E-state index contributed by atoms with van der Waals surface area (Å²) < 4.78 is 22.8. The summed E-state index contributed by atoms with van der Waals surface area (Å²) in [5, 5.41) is 0.558. The van der Waals surface area contributed by atoms with Crippen molar-refractivity contribution in [2.75, 3.05) is 31.9 Å². The highest BCUT2D eigenvalue weighted by Gasteiger charge is 2.27. The van der Waals surface area contributed by atoms with Gasteiger partial charge in [0.1, 0.15) is 12.7 Å². The molecule has 126 valence electrons. The summed E-state index contributed by atoms with van der Waals surface area (Å²) in [6.45, 7) is 8.53. The molecule has 0 spiro atoms. The van der Waals surface area contributed by atoms with Crippen molar-refractivity contribution in [1.29, 1.82) is 0 Å². The number of nitrogens with zero attached hydrogens (tertiary/aromatic N) is 2. The van der Waals surface area contributed by atoms with E-state index in [2.05, 4.69) is 10.9 Å². The lowest BCUT2D eigenvalue weighted by Crippen LogP contribution is -2.38. The minimum absolute atomic E-state index is 0.0203. The monoisotopic (exact) mass is 338 g/mol. The van der Waals surface area contributed by atoms with Gasteiger partial charge in [0.05, 0.1) is 13.7 Å². The number of pyridine rings is 1. The fourth-order valence-corrected chi connectivity index (χ4v) is 2.47. The molecule has 0 aliphatic heterocycles. The van der Waals surface area contributed by atoms with Gasteiger partial charge in [-0.3, -0.25) is 0 Å². The lowest BCUT2D eigenvalue weighted by atomic mass is 10.2. The van der Waals surface area contributed by atoms with Crippen molar-refractivity contribution in [3.05, 3.63) is 12.3 Å². The van der Waals surface area contributed by atoms with Gasteiger partial charge in [-0.2, -0.15) is 0 Å². The Morgan fingerprint density at radius 2 is 2.04 bits per heavy atom. The Labute approximate surface area is 137 Å². The SMILES string of the molecule is C#CCN(C(=O)OC(C)(C)C)c1ncc(P(C)(C)=O)cc1OC. The lowest BCUT2D eigenvalue weighted by molar-refractivity contribution is 0.0583. The highest BCUT2D eigenvalue weighted by Crippen LogP contribution is 2.37. The van der Waals surface area contributed by atoms with Crippen molar-refractivity contribution >= 4 is 24.4 Å². The molecule has 0 aliphatic rings. The summed E-state index contributed by atoms with van der Waals surface area (Å²) in [7, 11) is -1.05. The zero-order valence-electron chi connectivity index (χ0n) is 14.4. The minimum atomic E-state index is -2.50. The first kappa shape index (κ1) is 19.1. The van der Waals surface area contributed by atoms with Crippen LogP contribution in [-0.4, -0.2) is 43.7 Å². The van der Waals surface area contributed by atoms with Gasteiger partial charge in [0.2, 0.25) is 0 Å². The van der Waals surface area contributed by atoms with Gasteiger partial charge in [0.25, 0.3) is 0 Å². The molecule has 0 fully saturated rings. The molecule has 1 aromatic heterocycles. The third kappa shape index (κ3) is 5.30.